The number of hydrogen-bond donors (Lipinski definition) is 2. The van der Waals surface area contributed by atoms with E-state index in [2.05, 4.69) is 10.1 Å². The Balaban J connectivity index is 3.02. The summed E-state index contributed by atoms with van der Waals surface area (Å²) in [6, 6.07) is 0. The average molecular weight is 154 g/mol. The van der Waals surface area contributed by atoms with E-state index in [9.17, 15) is 0 Å². The van der Waals surface area contributed by atoms with E-state index in [1.54, 1.807) is 17.1 Å². The van der Waals surface area contributed by atoms with Gasteiger partial charge in [0, 0.05) is 6.54 Å². The highest BCUT2D eigenvalue weighted by Gasteiger charge is 2.03. The summed E-state index contributed by atoms with van der Waals surface area (Å²) in [6.45, 7) is 2.71. The standard InChI is InChI=1S/C6H10N4O/c1-2-10-4-8-3-5(10)6(7)9-11/h3-4,11H,2H2,1H3,(H2,7,9). The molecular formula is C6H10N4O. The maximum absolute atomic E-state index is 8.35. The summed E-state index contributed by atoms with van der Waals surface area (Å²) in [5, 5.41) is 11.2. The Labute approximate surface area is 64.1 Å². The number of amidine groups is 1. The molecule has 1 heterocycles. The maximum Gasteiger partial charge on any atom is 0.188 e. The van der Waals surface area contributed by atoms with Gasteiger partial charge in [-0.05, 0) is 6.92 Å². The second-order valence-electron chi connectivity index (χ2n) is 2.05. The first kappa shape index (κ1) is 7.59. The topological polar surface area (TPSA) is 76.4 Å². The molecule has 0 aliphatic rings. The van der Waals surface area contributed by atoms with Crippen LogP contribution in [0.2, 0.25) is 0 Å². The fourth-order valence-electron chi connectivity index (χ4n) is 0.837. The molecule has 0 amide bonds. The van der Waals surface area contributed by atoms with E-state index < -0.39 is 0 Å². The molecule has 60 valence electrons. The number of imidazole rings is 1. The van der Waals surface area contributed by atoms with E-state index in [0.717, 1.165) is 6.54 Å². The molecule has 0 aliphatic heterocycles. The lowest BCUT2D eigenvalue weighted by atomic mass is 10.4. The third-order valence-corrected chi connectivity index (χ3v) is 1.42. The second kappa shape index (κ2) is 3.05. The van der Waals surface area contributed by atoms with Crippen molar-refractivity contribution in [2.24, 2.45) is 10.9 Å². The minimum Gasteiger partial charge on any atom is -0.409 e. The predicted molar refractivity (Wildman–Crippen MR) is 40.4 cm³/mol. The van der Waals surface area contributed by atoms with Crippen LogP contribution >= 0.6 is 0 Å². The Morgan fingerprint density at radius 1 is 1.91 bits per heavy atom. The van der Waals surface area contributed by atoms with Crippen molar-refractivity contribution in [3.63, 3.8) is 0 Å². The fourth-order valence-corrected chi connectivity index (χ4v) is 0.837. The summed E-state index contributed by atoms with van der Waals surface area (Å²) in [4.78, 5) is 3.85. The van der Waals surface area contributed by atoms with Gasteiger partial charge in [-0.25, -0.2) is 4.98 Å². The van der Waals surface area contributed by atoms with Crippen molar-refractivity contribution in [2.75, 3.05) is 0 Å². The summed E-state index contributed by atoms with van der Waals surface area (Å²) >= 11 is 0. The van der Waals surface area contributed by atoms with Crippen molar-refractivity contribution in [1.82, 2.24) is 9.55 Å². The number of oxime groups is 1. The lowest BCUT2D eigenvalue weighted by Crippen LogP contribution is -2.17. The van der Waals surface area contributed by atoms with Crippen LogP contribution in [0.15, 0.2) is 17.7 Å². The van der Waals surface area contributed by atoms with Gasteiger partial charge in [0.1, 0.15) is 5.69 Å². The first-order valence-corrected chi connectivity index (χ1v) is 3.27. The molecule has 0 aromatic carbocycles. The van der Waals surface area contributed by atoms with Crippen LogP contribution in [0.1, 0.15) is 12.6 Å². The molecule has 0 unspecified atom stereocenters. The van der Waals surface area contributed by atoms with Crippen LogP contribution < -0.4 is 5.73 Å². The Kier molecular flexibility index (Phi) is 2.10. The first-order chi connectivity index (χ1) is 5.29. The lowest BCUT2D eigenvalue weighted by molar-refractivity contribution is 0.318. The van der Waals surface area contributed by atoms with Gasteiger partial charge < -0.3 is 15.5 Å². The van der Waals surface area contributed by atoms with Gasteiger partial charge in [-0.15, -0.1) is 0 Å². The van der Waals surface area contributed by atoms with Gasteiger partial charge in [-0.2, -0.15) is 0 Å². The van der Waals surface area contributed by atoms with Crippen LogP contribution in [-0.4, -0.2) is 20.6 Å². The number of aryl methyl sites for hydroxylation is 1. The van der Waals surface area contributed by atoms with E-state index in [-0.39, 0.29) is 5.84 Å². The van der Waals surface area contributed by atoms with E-state index >= 15 is 0 Å². The van der Waals surface area contributed by atoms with Gasteiger partial charge in [0.05, 0.1) is 12.5 Å². The molecule has 5 heteroatoms. The Morgan fingerprint density at radius 3 is 3.18 bits per heavy atom. The van der Waals surface area contributed by atoms with Gasteiger partial charge in [0.2, 0.25) is 0 Å². The molecule has 5 nitrogen and oxygen atoms in total. The zero-order valence-electron chi connectivity index (χ0n) is 6.23. The third kappa shape index (κ3) is 1.31. The minimum atomic E-state index is 0.0874. The fraction of sp³-hybridized carbons (Fsp3) is 0.333. The van der Waals surface area contributed by atoms with Crippen LogP contribution in [0.3, 0.4) is 0 Å². The molecule has 0 radical (unpaired) electrons. The monoisotopic (exact) mass is 154 g/mol. The Bertz CT molecular complexity index is 265. The van der Waals surface area contributed by atoms with Gasteiger partial charge in [-0.1, -0.05) is 5.16 Å². The molecule has 1 rings (SSSR count). The molecular weight excluding hydrogens is 144 g/mol. The van der Waals surface area contributed by atoms with Crippen LogP contribution in [0.25, 0.3) is 0 Å². The average Bonchev–Trinajstić information content (AvgIpc) is 2.50. The van der Waals surface area contributed by atoms with Crippen LogP contribution in [0.4, 0.5) is 0 Å². The Morgan fingerprint density at radius 2 is 2.64 bits per heavy atom. The summed E-state index contributed by atoms with van der Waals surface area (Å²) in [5.41, 5.74) is 5.99. The largest absolute Gasteiger partial charge is 0.409 e. The van der Waals surface area contributed by atoms with Gasteiger partial charge in [0.15, 0.2) is 5.84 Å². The molecule has 0 saturated carbocycles. The summed E-state index contributed by atoms with van der Waals surface area (Å²) < 4.78 is 1.79. The highest BCUT2D eigenvalue weighted by molar-refractivity contribution is 5.95. The SMILES string of the molecule is CCn1cncc1C(N)=NO. The van der Waals surface area contributed by atoms with Crippen molar-refractivity contribution in [1.29, 1.82) is 0 Å². The van der Waals surface area contributed by atoms with E-state index in [1.165, 1.54) is 0 Å². The van der Waals surface area contributed by atoms with Crippen LogP contribution in [0.5, 0.6) is 0 Å². The molecule has 0 bridgehead atoms. The van der Waals surface area contributed by atoms with E-state index in [1.807, 2.05) is 6.92 Å². The molecule has 1 aromatic heterocycles. The zero-order chi connectivity index (χ0) is 8.27. The van der Waals surface area contributed by atoms with Gasteiger partial charge in [0.25, 0.3) is 0 Å². The van der Waals surface area contributed by atoms with Crippen LogP contribution in [-0.2, 0) is 6.54 Å². The summed E-state index contributed by atoms with van der Waals surface area (Å²) in [5.74, 6) is 0.0874. The van der Waals surface area contributed by atoms with Crippen LogP contribution in [0, 0.1) is 0 Å². The molecule has 0 spiro atoms. The predicted octanol–water partition coefficient (Wildman–Crippen LogP) is -0.00250. The highest BCUT2D eigenvalue weighted by Crippen LogP contribution is 1.97. The molecule has 0 atom stereocenters. The molecule has 0 aliphatic carbocycles. The Hall–Kier alpha value is -1.52. The van der Waals surface area contributed by atoms with Crippen molar-refractivity contribution in [2.45, 2.75) is 13.5 Å². The highest BCUT2D eigenvalue weighted by atomic mass is 16.4. The van der Waals surface area contributed by atoms with Gasteiger partial charge >= 0.3 is 0 Å². The van der Waals surface area contributed by atoms with E-state index in [4.69, 9.17) is 10.9 Å². The molecule has 0 fully saturated rings. The normalized spacial score (nSPS) is 11.9. The number of aromatic nitrogens is 2. The third-order valence-electron chi connectivity index (χ3n) is 1.42. The quantitative estimate of drug-likeness (QED) is 0.272. The smallest absolute Gasteiger partial charge is 0.188 e. The molecule has 11 heavy (non-hydrogen) atoms. The summed E-state index contributed by atoms with van der Waals surface area (Å²) in [6.07, 6.45) is 3.19. The van der Waals surface area contributed by atoms with Crippen molar-refractivity contribution in [3.05, 3.63) is 18.2 Å². The molecule has 3 N–H and O–H groups in total. The number of nitrogens with zero attached hydrogens (tertiary/aromatic N) is 3. The van der Waals surface area contributed by atoms with Crippen molar-refractivity contribution in [3.8, 4) is 0 Å². The van der Waals surface area contributed by atoms with E-state index in [0.29, 0.717) is 5.69 Å². The second-order valence-corrected chi connectivity index (χ2v) is 2.05. The van der Waals surface area contributed by atoms with Gasteiger partial charge in [-0.3, -0.25) is 0 Å². The number of nitrogens with two attached hydrogens (primary N) is 1. The number of rotatable bonds is 2. The van der Waals surface area contributed by atoms with Crippen molar-refractivity contribution < 1.29 is 5.21 Å². The molecule has 1 aromatic rings. The zero-order valence-corrected chi connectivity index (χ0v) is 6.23. The summed E-state index contributed by atoms with van der Waals surface area (Å²) in [7, 11) is 0. The lowest BCUT2D eigenvalue weighted by Gasteiger charge is -2.00. The first-order valence-electron chi connectivity index (χ1n) is 3.27. The van der Waals surface area contributed by atoms with Crippen molar-refractivity contribution >= 4 is 5.84 Å². The maximum atomic E-state index is 8.35. The minimum absolute atomic E-state index is 0.0874. The molecule has 0 saturated heterocycles. The number of hydrogen-bond acceptors (Lipinski definition) is 3.